The van der Waals surface area contributed by atoms with Gasteiger partial charge in [-0.25, -0.2) is 12.7 Å². The fraction of sp³-hybridized carbons (Fsp3) is 0.692. The number of nitrogens with one attached hydrogen (secondary N) is 1. The Morgan fingerprint density at radius 1 is 1.42 bits per heavy atom. The van der Waals surface area contributed by atoms with E-state index in [0.29, 0.717) is 19.6 Å². The van der Waals surface area contributed by atoms with Crippen LogP contribution in [0.25, 0.3) is 0 Å². The van der Waals surface area contributed by atoms with E-state index >= 15 is 0 Å². The highest BCUT2D eigenvalue weighted by molar-refractivity contribution is 7.88. The monoisotopic (exact) mass is 286 g/mol. The molecule has 1 atom stereocenters. The van der Waals surface area contributed by atoms with Gasteiger partial charge in [-0.2, -0.15) is 0 Å². The SMILES string of the molecule is CCc1ccc(CN[C@@H]2CCCN(S(C)(=O)=O)C2)o1. The average molecular weight is 286 g/mol. The van der Waals surface area contributed by atoms with Crippen molar-refractivity contribution < 1.29 is 12.8 Å². The second-order valence-corrected chi connectivity index (χ2v) is 7.05. The van der Waals surface area contributed by atoms with E-state index in [1.54, 1.807) is 4.31 Å². The average Bonchev–Trinajstić information content (AvgIpc) is 2.84. The first kappa shape index (κ1) is 14.6. The van der Waals surface area contributed by atoms with Crippen molar-refractivity contribution in [1.82, 2.24) is 9.62 Å². The second-order valence-electron chi connectivity index (χ2n) is 5.06. The topological polar surface area (TPSA) is 62.6 Å². The summed E-state index contributed by atoms with van der Waals surface area (Å²) in [6.07, 6.45) is 4.08. The van der Waals surface area contributed by atoms with Crippen molar-refractivity contribution in [2.24, 2.45) is 0 Å². The lowest BCUT2D eigenvalue weighted by atomic mass is 10.1. The number of piperidine rings is 1. The Labute approximate surface area is 115 Å². The molecule has 2 heterocycles. The number of nitrogens with zero attached hydrogens (tertiary/aromatic N) is 1. The minimum absolute atomic E-state index is 0.207. The van der Waals surface area contributed by atoms with E-state index in [1.807, 2.05) is 12.1 Å². The van der Waals surface area contributed by atoms with Crippen LogP contribution in [0.5, 0.6) is 0 Å². The zero-order valence-corrected chi connectivity index (χ0v) is 12.4. The van der Waals surface area contributed by atoms with Gasteiger partial charge in [-0.1, -0.05) is 6.92 Å². The van der Waals surface area contributed by atoms with Gasteiger partial charge >= 0.3 is 0 Å². The highest BCUT2D eigenvalue weighted by Gasteiger charge is 2.25. The van der Waals surface area contributed by atoms with Crippen LogP contribution in [-0.2, 0) is 23.0 Å². The largest absolute Gasteiger partial charge is 0.465 e. The van der Waals surface area contributed by atoms with E-state index in [1.165, 1.54) is 6.26 Å². The third-order valence-electron chi connectivity index (χ3n) is 3.48. The Hall–Kier alpha value is -0.850. The van der Waals surface area contributed by atoms with Gasteiger partial charge in [0.1, 0.15) is 11.5 Å². The van der Waals surface area contributed by atoms with Gasteiger partial charge in [0.15, 0.2) is 0 Å². The van der Waals surface area contributed by atoms with E-state index in [0.717, 1.165) is 30.8 Å². The first-order chi connectivity index (χ1) is 8.99. The summed E-state index contributed by atoms with van der Waals surface area (Å²) in [7, 11) is -3.07. The van der Waals surface area contributed by atoms with Crippen LogP contribution >= 0.6 is 0 Å². The van der Waals surface area contributed by atoms with E-state index in [9.17, 15) is 8.42 Å². The molecule has 1 aliphatic heterocycles. The van der Waals surface area contributed by atoms with Crippen molar-refractivity contribution in [2.45, 2.75) is 38.8 Å². The van der Waals surface area contributed by atoms with Crippen LogP contribution in [0.4, 0.5) is 0 Å². The molecule has 1 fully saturated rings. The lowest BCUT2D eigenvalue weighted by molar-refractivity contribution is 0.278. The van der Waals surface area contributed by atoms with Crippen LogP contribution in [0, 0.1) is 0 Å². The molecule has 108 valence electrons. The van der Waals surface area contributed by atoms with Crippen LogP contribution in [0.2, 0.25) is 0 Å². The van der Waals surface area contributed by atoms with Crippen molar-refractivity contribution >= 4 is 10.0 Å². The predicted molar refractivity (Wildman–Crippen MR) is 74.4 cm³/mol. The van der Waals surface area contributed by atoms with Crippen molar-refractivity contribution in [2.75, 3.05) is 19.3 Å². The van der Waals surface area contributed by atoms with E-state index in [-0.39, 0.29) is 6.04 Å². The second kappa shape index (κ2) is 6.07. The Morgan fingerprint density at radius 2 is 2.16 bits per heavy atom. The summed E-state index contributed by atoms with van der Waals surface area (Å²) in [4.78, 5) is 0. The molecule has 1 N–H and O–H groups in total. The van der Waals surface area contributed by atoms with Crippen LogP contribution < -0.4 is 5.32 Å². The molecule has 0 radical (unpaired) electrons. The standard InChI is InChI=1S/C13H22N2O3S/c1-3-12-6-7-13(18-12)9-14-11-5-4-8-15(10-11)19(2,16)17/h6-7,11,14H,3-5,8-10H2,1-2H3/t11-/m1/s1. The summed E-state index contributed by atoms with van der Waals surface area (Å²) in [6.45, 7) is 3.90. The van der Waals surface area contributed by atoms with Gasteiger partial charge in [-0.15, -0.1) is 0 Å². The molecule has 0 saturated carbocycles. The van der Waals surface area contributed by atoms with Gasteiger partial charge in [0.05, 0.1) is 12.8 Å². The first-order valence-corrected chi connectivity index (χ1v) is 8.60. The van der Waals surface area contributed by atoms with Crippen LogP contribution in [0.3, 0.4) is 0 Å². The maximum atomic E-state index is 11.5. The number of hydrogen-bond donors (Lipinski definition) is 1. The smallest absolute Gasteiger partial charge is 0.211 e. The minimum Gasteiger partial charge on any atom is -0.465 e. The number of rotatable bonds is 5. The molecule has 0 aromatic carbocycles. The highest BCUT2D eigenvalue weighted by atomic mass is 32.2. The molecule has 1 aromatic rings. The molecular weight excluding hydrogens is 264 g/mol. The molecule has 0 spiro atoms. The van der Waals surface area contributed by atoms with Crippen molar-refractivity contribution in [3.8, 4) is 0 Å². The molecule has 19 heavy (non-hydrogen) atoms. The normalized spacial score (nSPS) is 21.7. The van der Waals surface area contributed by atoms with Crippen LogP contribution in [-0.4, -0.2) is 38.1 Å². The third kappa shape index (κ3) is 4.06. The van der Waals surface area contributed by atoms with Gasteiger partial charge < -0.3 is 9.73 Å². The lowest BCUT2D eigenvalue weighted by Crippen LogP contribution is -2.47. The number of aryl methyl sites for hydroxylation is 1. The predicted octanol–water partition coefficient (Wildman–Crippen LogP) is 1.36. The first-order valence-electron chi connectivity index (χ1n) is 6.75. The summed E-state index contributed by atoms with van der Waals surface area (Å²) in [6, 6.07) is 4.17. The molecule has 0 bridgehead atoms. The molecular formula is C13H22N2O3S. The van der Waals surface area contributed by atoms with Gasteiger partial charge in [0.2, 0.25) is 10.0 Å². The third-order valence-corrected chi connectivity index (χ3v) is 4.75. The Balaban J connectivity index is 1.86. The highest BCUT2D eigenvalue weighted by Crippen LogP contribution is 2.14. The maximum absolute atomic E-state index is 11.5. The van der Waals surface area contributed by atoms with Gasteiger partial charge in [-0.3, -0.25) is 0 Å². The quantitative estimate of drug-likeness (QED) is 0.887. The molecule has 1 aromatic heterocycles. The lowest BCUT2D eigenvalue weighted by Gasteiger charge is -2.31. The van der Waals surface area contributed by atoms with Gasteiger partial charge in [0.25, 0.3) is 0 Å². The summed E-state index contributed by atoms with van der Waals surface area (Å²) in [5, 5.41) is 3.38. The summed E-state index contributed by atoms with van der Waals surface area (Å²) >= 11 is 0. The zero-order valence-electron chi connectivity index (χ0n) is 11.6. The van der Waals surface area contributed by atoms with Crippen LogP contribution in [0.15, 0.2) is 16.5 Å². The zero-order chi connectivity index (χ0) is 13.9. The minimum atomic E-state index is -3.07. The maximum Gasteiger partial charge on any atom is 0.211 e. The van der Waals surface area contributed by atoms with Gasteiger partial charge in [0, 0.05) is 25.6 Å². The van der Waals surface area contributed by atoms with Gasteiger partial charge in [-0.05, 0) is 25.0 Å². The van der Waals surface area contributed by atoms with Crippen molar-refractivity contribution in [1.29, 1.82) is 0 Å². The van der Waals surface area contributed by atoms with E-state index in [4.69, 9.17) is 4.42 Å². The number of furan rings is 1. The summed E-state index contributed by atoms with van der Waals surface area (Å²) in [5.74, 6) is 1.89. The van der Waals surface area contributed by atoms with E-state index in [2.05, 4.69) is 12.2 Å². The fourth-order valence-electron chi connectivity index (χ4n) is 2.36. The van der Waals surface area contributed by atoms with Crippen molar-refractivity contribution in [3.05, 3.63) is 23.7 Å². The Kier molecular flexibility index (Phi) is 4.65. The molecule has 6 heteroatoms. The molecule has 1 aliphatic rings. The van der Waals surface area contributed by atoms with E-state index < -0.39 is 10.0 Å². The fourth-order valence-corrected chi connectivity index (χ4v) is 3.27. The molecule has 2 rings (SSSR count). The summed E-state index contributed by atoms with van der Waals surface area (Å²) < 4.78 is 30.2. The van der Waals surface area contributed by atoms with Crippen molar-refractivity contribution in [3.63, 3.8) is 0 Å². The summed E-state index contributed by atoms with van der Waals surface area (Å²) in [5.41, 5.74) is 0. The Morgan fingerprint density at radius 3 is 2.79 bits per heavy atom. The van der Waals surface area contributed by atoms with Crippen LogP contribution in [0.1, 0.15) is 31.3 Å². The number of hydrogen-bond acceptors (Lipinski definition) is 4. The molecule has 0 unspecified atom stereocenters. The Bertz CT molecular complexity index is 510. The molecule has 0 amide bonds. The molecule has 5 nitrogen and oxygen atoms in total. The number of sulfonamides is 1. The molecule has 1 saturated heterocycles. The molecule has 0 aliphatic carbocycles.